The van der Waals surface area contributed by atoms with Crippen molar-refractivity contribution in [1.82, 2.24) is 10.2 Å². The number of carbonyl (C=O) groups excluding carboxylic acids is 1. The standard InChI is InChI=1S/C27H36N2O6/c1-17(2)34-24-10-19(11-25(15-24)35-18(3)4)16-29-8-6-22(7-9-29)28-26(30)20-12-21(27(31)32)14-23(13-20)33-5/h10-15,17-18,22H,6-9,16H2,1-5H3,(H,28,30)(H,31,32). The van der Waals surface area contributed by atoms with Gasteiger partial charge in [-0.3, -0.25) is 9.69 Å². The van der Waals surface area contributed by atoms with Crippen molar-refractivity contribution in [3.05, 3.63) is 53.1 Å². The molecule has 1 heterocycles. The lowest BCUT2D eigenvalue weighted by molar-refractivity contribution is 0.0696. The van der Waals surface area contributed by atoms with Crippen molar-refractivity contribution in [1.29, 1.82) is 0 Å². The Bertz CT molecular complexity index is 1000. The van der Waals surface area contributed by atoms with Gasteiger partial charge in [0.2, 0.25) is 0 Å². The number of benzene rings is 2. The molecule has 1 aliphatic rings. The van der Waals surface area contributed by atoms with Crippen molar-refractivity contribution < 1.29 is 28.9 Å². The summed E-state index contributed by atoms with van der Waals surface area (Å²) in [5.74, 6) is 0.549. The van der Waals surface area contributed by atoms with Gasteiger partial charge >= 0.3 is 5.97 Å². The molecule has 0 unspecified atom stereocenters. The minimum absolute atomic E-state index is 0.0219. The van der Waals surface area contributed by atoms with Gasteiger partial charge in [-0.2, -0.15) is 0 Å². The molecule has 2 N–H and O–H groups in total. The highest BCUT2D eigenvalue weighted by Gasteiger charge is 2.22. The van der Waals surface area contributed by atoms with E-state index in [1.54, 1.807) is 6.07 Å². The lowest BCUT2D eigenvalue weighted by atomic mass is 10.0. The van der Waals surface area contributed by atoms with E-state index in [1.165, 1.54) is 19.2 Å². The number of nitrogens with one attached hydrogen (secondary N) is 1. The number of likely N-dealkylation sites (tertiary alicyclic amines) is 1. The second-order valence-electron chi connectivity index (χ2n) is 9.43. The molecular weight excluding hydrogens is 448 g/mol. The number of rotatable bonds is 10. The third kappa shape index (κ3) is 7.89. The first kappa shape index (κ1) is 26.3. The highest BCUT2D eigenvalue weighted by atomic mass is 16.5. The van der Waals surface area contributed by atoms with Crippen molar-refractivity contribution in [3.8, 4) is 17.2 Å². The third-order valence-electron chi connectivity index (χ3n) is 5.66. The summed E-state index contributed by atoms with van der Waals surface area (Å²) in [6.07, 6.45) is 1.76. The Morgan fingerprint density at radius 2 is 1.49 bits per heavy atom. The Hall–Kier alpha value is -3.26. The lowest BCUT2D eigenvalue weighted by Gasteiger charge is -2.32. The number of carboxylic acid groups (broad SMARTS) is 1. The van der Waals surface area contributed by atoms with Crippen LogP contribution < -0.4 is 19.5 Å². The van der Waals surface area contributed by atoms with Gasteiger partial charge in [0, 0.05) is 37.3 Å². The molecule has 1 saturated heterocycles. The molecule has 2 aromatic rings. The van der Waals surface area contributed by atoms with Crippen LogP contribution in [-0.2, 0) is 6.54 Å². The maximum atomic E-state index is 12.8. The first-order valence-corrected chi connectivity index (χ1v) is 12.1. The maximum Gasteiger partial charge on any atom is 0.335 e. The molecule has 0 spiro atoms. The van der Waals surface area contributed by atoms with E-state index in [9.17, 15) is 14.7 Å². The van der Waals surface area contributed by atoms with Gasteiger partial charge in [0.15, 0.2) is 0 Å². The van der Waals surface area contributed by atoms with Gasteiger partial charge in [0.25, 0.3) is 5.91 Å². The van der Waals surface area contributed by atoms with Gasteiger partial charge in [-0.25, -0.2) is 4.79 Å². The maximum absolute atomic E-state index is 12.8. The number of hydrogen-bond acceptors (Lipinski definition) is 6. The minimum atomic E-state index is -1.10. The molecule has 8 heteroatoms. The molecule has 190 valence electrons. The second-order valence-corrected chi connectivity index (χ2v) is 9.43. The zero-order valence-corrected chi connectivity index (χ0v) is 21.2. The monoisotopic (exact) mass is 484 g/mol. The van der Waals surface area contributed by atoms with Gasteiger partial charge < -0.3 is 24.6 Å². The van der Waals surface area contributed by atoms with Crippen LogP contribution in [0.5, 0.6) is 17.2 Å². The van der Waals surface area contributed by atoms with E-state index in [4.69, 9.17) is 14.2 Å². The molecule has 0 aliphatic carbocycles. The quantitative estimate of drug-likeness (QED) is 0.517. The van der Waals surface area contributed by atoms with E-state index in [-0.39, 0.29) is 35.3 Å². The molecule has 0 radical (unpaired) electrons. The first-order chi connectivity index (χ1) is 16.6. The zero-order valence-electron chi connectivity index (χ0n) is 21.2. The van der Waals surface area contributed by atoms with E-state index in [0.29, 0.717) is 5.75 Å². The van der Waals surface area contributed by atoms with Gasteiger partial charge in [-0.15, -0.1) is 0 Å². The SMILES string of the molecule is COc1cc(C(=O)O)cc(C(=O)NC2CCN(Cc3cc(OC(C)C)cc(OC(C)C)c3)CC2)c1. The molecule has 0 aromatic heterocycles. The number of hydrogen-bond donors (Lipinski definition) is 2. The fourth-order valence-corrected chi connectivity index (χ4v) is 4.14. The van der Waals surface area contributed by atoms with Crippen molar-refractivity contribution in [3.63, 3.8) is 0 Å². The molecule has 1 fully saturated rings. The van der Waals surface area contributed by atoms with Crippen LogP contribution in [0.25, 0.3) is 0 Å². The topological polar surface area (TPSA) is 97.3 Å². The fraction of sp³-hybridized carbons (Fsp3) is 0.481. The van der Waals surface area contributed by atoms with Crippen molar-refractivity contribution in [2.24, 2.45) is 0 Å². The number of ether oxygens (including phenoxy) is 3. The van der Waals surface area contributed by atoms with Crippen LogP contribution in [0.2, 0.25) is 0 Å². The number of piperidine rings is 1. The summed E-state index contributed by atoms with van der Waals surface area (Å²) >= 11 is 0. The van der Waals surface area contributed by atoms with Crippen LogP contribution in [0.3, 0.4) is 0 Å². The van der Waals surface area contributed by atoms with Crippen LogP contribution in [-0.4, -0.2) is 60.3 Å². The Morgan fingerprint density at radius 3 is 2.00 bits per heavy atom. The summed E-state index contributed by atoms with van der Waals surface area (Å²) in [4.78, 5) is 26.5. The molecule has 2 aromatic carbocycles. The van der Waals surface area contributed by atoms with Crippen LogP contribution in [0, 0.1) is 0 Å². The number of nitrogens with zero attached hydrogens (tertiary/aromatic N) is 1. The Morgan fingerprint density at radius 1 is 0.914 bits per heavy atom. The highest BCUT2D eigenvalue weighted by molar-refractivity contribution is 5.98. The average Bonchev–Trinajstić information content (AvgIpc) is 2.79. The summed E-state index contributed by atoms with van der Waals surface area (Å²) < 4.78 is 17.0. The largest absolute Gasteiger partial charge is 0.497 e. The highest BCUT2D eigenvalue weighted by Crippen LogP contribution is 2.27. The van der Waals surface area contributed by atoms with Crippen LogP contribution in [0.1, 0.15) is 66.8 Å². The van der Waals surface area contributed by atoms with Crippen LogP contribution in [0.15, 0.2) is 36.4 Å². The molecular formula is C27H36N2O6. The Kier molecular flexibility index (Phi) is 8.98. The van der Waals surface area contributed by atoms with Crippen LogP contribution in [0.4, 0.5) is 0 Å². The lowest BCUT2D eigenvalue weighted by Crippen LogP contribution is -2.44. The van der Waals surface area contributed by atoms with Crippen molar-refractivity contribution >= 4 is 11.9 Å². The summed E-state index contributed by atoms with van der Waals surface area (Å²) in [6.45, 7) is 10.4. The van der Waals surface area contributed by atoms with E-state index >= 15 is 0 Å². The normalized spacial score (nSPS) is 14.7. The number of amides is 1. The van der Waals surface area contributed by atoms with E-state index in [1.807, 2.05) is 33.8 Å². The van der Waals surface area contributed by atoms with Gasteiger partial charge in [0.05, 0.1) is 24.9 Å². The molecule has 3 rings (SSSR count). The third-order valence-corrected chi connectivity index (χ3v) is 5.66. The summed E-state index contributed by atoms with van der Waals surface area (Å²) in [5, 5.41) is 12.3. The van der Waals surface area contributed by atoms with Crippen LogP contribution >= 0.6 is 0 Å². The predicted octanol–water partition coefficient (Wildman–Crippen LogP) is 4.36. The molecule has 0 bridgehead atoms. The van der Waals surface area contributed by atoms with Crippen molar-refractivity contribution in [2.75, 3.05) is 20.2 Å². The van der Waals surface area contributed by atoms with E-state index in [0.717, 1.165) is 49.5 Å². The molecule has 1 amide bonds. The predicted molar refractivity (Wildman–Crippen MR) is 134 cm³/mol. The van der Waals surface area contributed by atoms with Gasteiger partial charge in [0.1, 0.15) is 17.2 Å². The average molecular weight is 485 g/mol. The minimum Gasteiger partial charge on any atom is -0.497 e. The summed E-state index contributed by atoms with van der Waals surface area (Å²) in [7, 11) is 1.45. The van der Waals surface area contributed by atoms with E-state index in [2.05, 4.69) is 22.3 Å². The molecule has 1 aliphatic heterocycles. The van der Waals surface area contributed by atoms with E-state index < -0.39 is 5.97 Å². The zero-order chi connectivity index (χ0) is 25.5. The molecule has 0 atom stereocenters. The smallest absolute Gasteiger partial charge is 0.335 e. The van der Waals surface area contributed by atoms with Gasteiger partial charge in [-0.1, -0.05) is 0 Å². The molecule has 35 heavy (non-hydrogen) atoms. The Balaban J connectivity index is 1.60. The fourth-order valence-electron chi connectivity index (χ4n) is 4.14. The number of carbonyl (C=O) groups is 2. The molecule has 0 saturated carbocycles. The summed E-state index contributed by atoms with van der Waals surface area (Å²) in [6, 6.07) is 10.4. The second kappa shape index (κ2) is 11.9. The Labute approximate surface area is 207 Å². The number of methoxy groups -OCH3 is 1. The molecule has 8 nitrogen and oxygen atoms in total. The van der Waals surface area contributed by atoms with Crippen molar-refractivity contribution in [2.45, 2.75) is 65.3 Å². The number of carboxylic acids is 1. The summed E-state index contributed by atoms with van der Waals surface area (Å²) in [5.41, 5.74) is 1.43. The first-order valence-electron chi connectivity index (χ1n) is 12.1. The van der Waals surface area contributed by atoms with Gasteiger partial charge in [-0.05, 0) is 76.4 Å². The number of aromatic carboxylic acids is 1.